The Kier molecular flexibility index (Phi) is 3.48. The molecule has 0 fully saturated rings. The number of thiophene rings is 1. The predicted molar refractivity (Wildman–Crippen MR) is 60.5 cm³/mol. The van der Waals surface area contributed by atoms with Gasteiger partial charge in [0.2, 0.25) is 0 Å². The zero-order chi connectivity index (χ0) is 10.8. The van der Waals surface area contributed by atoms with Gasteiger partial charge in [-0.2, -0.15) is 5.26 Å². The maximum absolute atomic E-state index is 11.1. The molecule has 3 nitrogen and oxygen atoms in total. The van der Waals surface area contributed by atoms with Crippen LogP contribution in [0.25, 0.3) is 6.08 Å². The van der Waals surface area contributed by atoms with Gasteiger partial charge in [-0.15, -0.1) is 11.3 Å². The second-order valence-corrected chi connectivity index (χ2v) is 7.01. The third-order valence-electron chi connectivity index (χ3n) is 1.38. The second-order valence-electron chi connectivity index (χ2n) is 2.53. The van der Waals surface area contributed by atoms with Crippen LogP contribution >= 0.6 is 27.3 Å². The summed E-state index contributed by atoms with van der Waals surface area (Å²) in [5.74, 6) is 0. The number of hydrogen-bond acceptors (Lipinski definition) is 4. The van der Waals surface area contributed by atoms with Crippen LogP contribution in [-0.4, -0.2) is 14.7 Å². The molecule has 0 saturated heterocycles. The Labute approximate surface area is 94.7 Å². The average molecular weight is 292 g/mol. The van der Waals surface area contributed by atoms with Crippen LogP contribution in [0.5, 0.6) is 0 Å². The molecule has 0 amide bonds. The van der Waals surface area contributed by atoms with Crippen LogP contribution in [0.1, 0.15) is 4.88 Å². The molecule has 14 heavy (non-hydrogen) atoms. The quantitative estimate of drug-likeness (QED) is 0.787. The van der Waals surface area contributed by atoms with Gasteiger partial charge in [-0.05, 0) is 34.1 Å². The number of rotatable bonds is 2. The molecule has 74 valence electrons. The van der Waals surface area contributed by atoms with Crippen molar-refractivity contribution in [2.75, 3.05) is 6.26 Å². The number of nitrogens with zero attached hydrogens (tertiary/aromatic N) is 1. The average Bonchev–Trinajstić information content (AvgIpc) is 2.45. The molecule has 0 radical (unpaired) electrons. The first-order chi connectivity index (χ1) is 6.43. The molecule has 1 rings (SSSR count). The van der Waals surface area contributed by atoms with E-state index in [1.54, 1.807) is 18.2 Å². The van der Waals surface area contributed by atoms with Gasteiger partial charge in [0.25, 0.3) is 0 Å². The van der Waals surface area contributed by atoms with E-state index in [0.29, 0.717) is 0 Å². The topological polar surface area (TPSA) is 57.9 Å². The molecule has 0 saturated carbocycles. The zero-order valence-corrected chi connectivity index (χ0v) is 10.4. The predicted octanol–water partition coefficient (Wildman–Crippen LogP) is 2.42. The summed E-state index contributed by atoms with van der Waals surface area (Å²) < 4.78 is 23.0. The van der Waals surface area contributed by atoms with Crippen LogP contribution in [0.4, 0.5) is 0 Å². The Morgan fingerprint density at radius 1 is 1.64 bits per heavy atom. The number of hydrogen-bond donors (Lipinski definition) is 0. The highest BCUT2D eigenvalue weighted by molar-refractivity contribution is 9.11. The summed E-state index contributed by atoms with van der Waals surface area (Å²) in [7, 11) is -3.41. The standard InChI is InChI=1S/C8H6BrNO2S2/c1-14(11,12)7(5-10)4-6-2-3-8(9)13-6/h2-4H,1H3/b7-4+. The van der Waals surface area contributed by atoms with Gasteiger partial charge in [0.05, 0.1) is 3.79 Å². The number of halogens is 1. The van der Waals surface area contributed by atoms with Crippen molar-refractivity contribution in [1.29, 1.82) is 5.26 Å². The van der Waals surface area contributed by atoms with Gasteiger partial charge in [-0.1, -0.05) is 0 Å². The maximum Gasteiger partial charge on any atom is 0.185 e. The zero-order valence-electron chi connectivity index (χ0n) is 7.19. The van der Waals surface area contributed by atoms with E-state index in [0.717, 1.165) is 14.9 Å². The van der Waals surface area contributed by atoms with Gasteiger partial charge < -0.3 is 0 Å². The third-order valence-corrected chi connectivity index (χ3v) is 3.96. The summed E-state index contributed by atoms with van der Waals surface area (Å²) in [5.41, 5.74) is 0. The van der Waals surface area contributed by atoms with Gasteiger partial charge in [0, 0.05) is 11.1 Å². The van der Waals surface area contributed by atoms with E-state index < -0.39 is 9.84 Å². The molecule has 0 bridgehead atoms. The summed E-state index contributed by atoms with van der Waals surface area (Å²) in [6, 6.07) is 5.21. The Bertz CT molecular complexity index is 508. The molecule has 6 heteroatoms. The van der Waals surface area contributed by atoms with E-state index in [9.17, 15) is 8.42 Å². The minimum Gasteiger partial charge on any atom is -0.223 e. The lowest BCUT2D eigenvalue weighted by Gasteiger charge is -1.91. The van der Waals surface area contributed by atoms with Gasteiger partial charge >= 0.3 is 0 Å². The van der Waals surface area contributed by atoms with Gasteiger partial charge in [0.1, 0.15) is 11.0 Å². The minimum atomic E-state index is -3.41. The highest BCUT2D eigenvalue weighted by Crippen LogP contribution is 2.24. The molecule has 0 aliphatic rings. The van der Waals surface area contributed by atoms with Crippen molar-refractivity contribution in [2.24, 2.45) is 0 Å². The number of sulfone groups is 1. The monoisotopic (exact) mass is 291 g/mol. The van der Waals surface area contributed by atoms with E-state index >= 15 is 0 Å². The summed E-state index contributed by atoms with van der Waals surface area (Å²) in [6.07, 6.45) is 2.38. The molecule has 0 aliphatic carbocycles. The molecule has 1 aromatic heterocycles. The maximum atomic E-state index is 11.1. The van der Waals surface area contributed by atoms with Crippen molar-refractivity contribution in [2.45, 2.75) is 0 Å². The number of allylic oxidation sites excluding steroid dienone is 1. The molecule has 0 spiro atoms. The summed E-state index contributed by atoms with van der Waals surface area (Å²) >= 11 is 4.62. The van der Waals surface area contributed by atoms with E-state index in [-0.39, 0.29) is 4.91 Å². The van der Waals surface area contributed by atoms with E-state index in [1.165, 1.54) is 17.4 Å². The fourth-order valence-corrected chi connectivity index (χ4v) is 2.71. The molecule has 0 atom stereocenters. The van der Waals surface area contributed by atoms with E-state index in [4.69, 9.17) is 5.26 Å². The van der Waals surface area contributed by atoms with Gasteiger partial charge in [-0.3, -0.25) is 0 Å². The van der Waals surface area contributed by atoms with Crippen LogP contribution < -0.4 is 0 Å². The Morgan fingerprint density at radius 3 is 2.64 bits per heavy atom. The van der Waals surface area contributed by atoms with E-state index in [2.05, 4.69) is 15.9 Å². The van der Waals surface area contributed by atoms with Crippen LogP contribution in [0, 0.1) is 11.3 Å². The Hall–Kier alpha value is -0.640. The Balaban J connectivity index is 3.16. The third kappa shape index (κ3) is 2.94. The smallest absolute Gasteiger partial charge is 0.185 e. The summed E-state index contributed by atoms with van der Waals surface area (Å²) in [6.45, 7) is 0. The van der Waals surface area contributed by atoms with Crippen molar-refractivity contribution in [3.8, 4) is 6.07 Å². The normalized spacial score (nSPS) is 12.5. The lowest BCUT2D eigenvalue weighted by atomic mass is 10.4. The van der Waals surface area contributed by atoms with Crippen LogP contribution in [0.3, 0.4) is 0 Å². The first-order valence-electron chi connectivity index (χ1n) is 3.50. The molecule has 1 aromatic rings. The molecular weight excluding hydrogens is 286 g/mol. The largest absolute Gasteiger partial charge is 0.223 e. The fraction of sp³-hybridized carbons (Fsp3) is 0.125. The van der Waals surface area contributed by atoms with Crippen molar-refractivity contribution >= 4 is 43.2 Å². The van der Waals surface area contributed by atoms with Crippen LogP contribution in [-0.2, 0) is 9.84 Å². The molecule has 0 unspecified atom stereocenters. The molecule has 0 aromatic carbocycles. The Morgan fingerprint density at radius 2 is 2.29 bits per heavy atom. The first-order valence-corrected chi connectivity index (χ1v) is 7.01. The summed E-state index contributed by atoms with van der Waals surface area (Å²) in [4.78, 5) is 0.519. The summed E-state index contributed by atoms with van der Waals surface area (Å²) in [5, 5.41) is 8.63. The van der Waals surface area contributed by atoms with Crippen LogP contribution in [0.2, 0.25) is 0 Å². The second kappa shape index (κ2) is 4.26. The van der Waals surface area contributed by atoms with Gasteiger partial charge in [0.15, 0.2) is 9.84 Å². The SMILES string of the molecule is CS(=O)(=O)/C(C#N)=C/c1ccc(Br)s1. The van der Waals surface area contributed by atoms with Crippen molar-refractivity contribution < 1.29 is 8.42 Å². The molecule has 0 N–H and O–H groups in total. The lowest BCUT2D eigenvalue weighted by Crippen LogP contribution is -1.97. The number of nitriles is 1. The highest BCUT2D eigenvalue weighted by Gasteiger charge is 2.10. The fourth-order valence-electron chi connectivity index (χ4n) is 0.757. The highest BCUT2D eigenvalue weighted by atomic mass is 79.9. The van der Waals surface area contributed by atoms with Crippen LogP contribution in [0.15, 0.2) is 20.8 Å². The first kappa shape index (κ1) is 11.4. The lowest BCUT2D eigenvalue weighted by molar-refractivity contribution is 0.609. The van der Waals surface area contributed by atoms with Crippen molar-refractivity contribution in [3.05, 3.63) is 25.7 Å². The molecule has 1 heterocycles. The van der Waals surface area contributed by atoms with Crippen molar-refractivity contribution in [3.63, 3.8) is 0 Å². The minimum absolute atomic E-state index is 0.216. The molecular formula is C8H6BrNO2S2. The van der Waals surface area contributed by atoms with Gasteiger partial charge in [-0.25, -0.2) is 8.42 Å². The van der Waals surface area contributed by atoms with E-state index in [1.807, 2.05) is 0 Å². The molecule has 0 aliphatic heterocycles. The van der Waals surface area contributed by atoms with Crippen molar-refractivity contribution in [1.82, 2.24) is 0 Å².